The Kier molecular flexibility index (Phi) is 2.40. The number of ketones is 1. The lowest BCUT2D eigenvalue weighted by molar-refractivity contribution is 0.101. The zero-order valence-electron chi connectivity index (χ0n) is 8.34. The number of aromatic nitrogens is 2. The molecule has 4 heteroatoms. The van der Waals surface area contributed by atoms with E-state index in [0.29, 0.717) is 0 Å². The molecule has 1 aromatic heterocycles. The Hall–Kier alpha value is -1.32. The smallest absolute Gasteiger partial charge is 0.277 e. The summed E-state index contributed by atoms with van der Waals surface area (Å²) in [7, 11) is 1.61. The summed E-state index contributed by atoms with van der Waals surface area (Å²) in [6.07, 6.45) is 0. The first-order chi connectivity index (χ1) is 5.95. The predicted octanol–water partition coefficient (Wildman–Crippen LogP) is 1.04. The van der Waals surface area contributed by atoms with Crippen LogP contribution in [0, 0.1) is 0 Å². The molecule has 0 atom stereocenters. The number of carbonyl (C=O) groups excluding carboxylic acids is 1. The highest BCUT2D eigenvalue weighted by Crippen LogP contribution is 2.14. The van der Waals surface area contributed by atoms with Crippen LogP contribution in [0.15, 0.2) is 4.79 Å². The van der Waals surface area contributed by atoms with Crippen molar-refractivity contribution < 1.29 is 4.79 Å². The molecular formula is C9H14N2O2. The van der Waals surface area contributed by atoms with Gasteiger partial charge in [-0.2, -0.15) is 0 Å². The van der Waals surface area contributed by atoms with Gasteiger partial charge < -0.3 is 0 Å². The molecule has 4 nitrogen and oxygen atoms in total. The van der Waals surface area contributed by atoms with Gasteiger partial charge in [-0.1, -0.05) is 13.8 Å². The first-order valence-corrected chi connectivity index (χ1v) is 4.25. The number of aromatic amines is 1. The van der Waals surface area contributed by atoms with Crippen molar-refractivity contribution in [3.05, 3.63) is 21.6 Å². The molecule has 0 radical (unpaired) electrons. The second-order valence-corrected chi connectivity index (χ2v) is 3.48. The van der Waals surface area contributed by atoms with Gasteiger partial charge in [-0.3, -0.25) is 19.4 Å². The van der Waals surface area contributed by atoms with Gasteiger partial charge in [0, 0.05) is 7.05 Å². The highest BCUT2D eigenvalue weighted by Gasteiger charge is 2.18. The number of Topliss-reactive ketones (excluding diaryl/α,β-unsaturated/α-hetero) is 1. The van der Waals surface area contributed by atoms with Gasteiger partial charge in [0.15, 0.2) is 5.78 Å². The molecule has 0 saturated carbocycles. The van der Waals surface area contributed by atoms with E-state index in [1.54, 1.807) is 7.05 Å². The summed E-state index contributed by atoms with van der Waals surface area (Å²) in [5, 5.41) is 2.88. The average Bonchev–Trinajstić information content (AvgIpc) is 2.28. The van der Waals surface area contributed by atoms with Crippen molar-refractivity contribution in [2.75, 3.05) is 0 Å². The third-order valence-corrected chi connectivity index (χ3v) is 2.01. The Balaban J connectivity index is 3.45. The number of nitrogens with one attached hydrogen (secondary N) is 1. The van der Waals surface area contributed by atoms with Crippen LogP contribution in [-0.2, 0) is 7.05 Å². The lowest BCUT2D eigenvalue weighted by Gasteiger charge is -2.01. The zero-order valence-corrected chi connectivity index (χ0v) is 8.34. The largest absolute Gasteiger partial charge is 0.299 e. The summed E-state index contributed by atoms with van der Waals surface area (Å²) in [5.74, 6) is -0.0154. The van der Waals surface area contributed by atoms with E-state index in [1.807, 2.05) is 13.8 Å². The minimum absolute atomic E-state index is 0.160. The monoisotopic (exact) mass is 182 g/mol. The van der Waals surface area contributed by atoms with Gasteiger partial charge in [-0.05, 0) is 12.8 Å². The molecule has 13 heavy (non-hydrogen) atoms. The Labute approximate surface area is 76.6 Å². The van der Waals surface area contributed by atoms with Crippen LogP contribution in [0.5, 0.6) is 0 Å². The number of nitrogens with zero attached hydrogens (tertiary/aromatic N) is 1. The molecule has 0 aliphatic heterocycles. The SMILES string of the molecule is CC(=O)c1c(C(C)C)[nH]n(C)c1=O. The van der Waals surface area contributed by atoms with Gasteiger partial charge in [0.2, 0.25) is 0 Å². The second-order valence-electron chi connectivity index (χ2n) is 3.48. The standard InChI is InChI=1S/C9H14N2O2/c1-5(2)8-7(6(3)12)9(13)11(4)10-8/h5,10H,1-4H3. The van der Waals surface area contributed by atoms with Crippen molar-refractivity contribution in [3.8, 4) is 0 Å². The van der Waals surface area contributed by atoms with E-state index < -0.39 is 0 Å². The van der Waals surface area contributed by atoms with Crippen LogP contribution in [0.2, 0.25) is 0 Å². The number of rotatable bonds is 2. The molecule has 0 bridgehead atoms. The summed E-state index contributed by atoms with van der Waals surface area (Å²) >= 11 is 0. The number of hydrogen-bond acceptors (Lipinski definition) is 2. The van der Waals surface area contributed by atoms with Crippen LogP contribution in [0.4, 0.5) is 0 Å². The van der Waals surface area contributed by atoms with Crippen molar-refractivity contribution >= 4 is 5.78 Å². The van der Waals surface area contributed by atoms with E-state index in [0.717, 1.165) is 5.69 Å². The van der Waals surface area contributed by atoms with Gasteiger partial charge in [0.25, 0.3) is 5.56 Å². The molecule has 0 spiro atoms. The molecule has 1 heterocycles. The minimum atomic E-state index is -0.240. The molecule has 0 fully saturated rings. The molecule has 72 valence electrons. The molecule has 1 aromatic rings. The molecule has 1 N–H and O–H groups in total. The van der Waals surface area contributed by atoms with Gasteiger partial charge >= 0.3 is 0 Å². The van der Waals surface area contributed by atoms with E-state index in [9.17, 15) is 9.59 Å². The first kappa shape index (κ1) is 9.77. The maximum absolute atomic E-state index is 11.4. The number of hydrogen-bond donors (Lipinski definition) is 1. The Morgan fingerprint density at radius 1 is 1.46 bits per heavy atom. The highest BCUT2D eigenvalue weighted by atomic mass is 16.2. The summed E-state index contributed by atoms with van der Waals surface area (Å²) in [4.78, 5) is 22.6. The third kappa shape index (κ3) is 1.56. The van der Waals surface area contributed by atoms with Gasteiger partial charge in [-0.25, -0.2) is 0 Å². The molecule has 0 aromatic carbocycles. The van der Waals surface area contributed by atoms with E-state index >= 15 is 0 Å². The fourth-order valence-electron chi connectivity index (χ4n) is 1.33. The minimum Gasteiger partial charge on any atom is -0.299 e. The van der Waals surface area contributed by atoms with Gasteiger partial charge in [0.05, 0.1) is 5.69 Å². The van der Waals surface area contributed by atoms with Crippen molar-refractivity contribution in [1.82, 2.24) is 9.78 Å². The molecule has 0 amide bonds. The molecule has 0 saturated heterocycles. The maximum Gasteiger partial charge on any atom is 0.277 e. The zero-order chi connectivity index (χ0) is 10.2. The van der Waals surface area contributed by atoms with Crippen molar-refractivity contribution in [2.24, 2.45) is 7.05 Å². The van der Waals surface area contributed by atoms with E-state index in [4.69, 9.17) is 0 Å². The van der Waals surface area contributed by atoms with Crippen molar-refractivity contribution in [2.45, 2.75) is 26.7 Å². The molecular weight excluding hydrogens is 168 g/mol. The summed E-state index contributed by atoms with van der Waals surface area (Å²) in [5.41, 5.74) is 0.772. The molecule has 1 rings (SSSR count). The van der Waals surface area contributed by atoms with Gasteiger partial charge in [-0.15, -0.1) is 0 Å². The lowest BCUT2D eigenvalue weighted by atomic mass is 10.0. The summed E-state index contributed by atoms with van der Waals surface area (Å²) in [6, 6.07) is 0. The molecule has 0 aliphatic rings. The average molecular weight is 182 g/mol. The van der Waals surface area contributed by atoms with Crippen LogP contribution in [0.3, 0.4) is 0 Å². The molecule has 0 unspecified atom stereocenters. The van der Waals surface area contributed by atoms with Crippen LogP contribution in [0.25, 0.3) is 0 Å². The molecule has 0 aliphatic carbocycles. The van der Waals surface area contributed by atoms with E-state index in [-0.39, 0.29) is 22.8 Å². The third-order valence-electron chi connectivity index (χ3n) is 2.01. The topological polar surface area (TPSA) is 54.9 Å². The maximum atomic E-state index is 11.4. The van der Waals surface area contributed by atoms with Crippen LogP contribution in [0.1, 0.15) is 42.7 Å². The normalized spacial score (nSPS) is 10.8. The fourth-order valence-corrected chi connectivity index (χ4v) is 1.33. The van der Waals surface area contributed by atoms with Crippen molar-refractivity contribution in [1.29, 1.82) is 0 Å². The van der Waals surface area contributed by atoms with Gasteiger partial charge in [0.1, 0.15) is 5.56 Å². The van der Waals surface area contributed by atoms with Crippen molar-refractivity contribution in [3.63, 3.8) is 0 Å². The fraction of sp³-hybridized carbons (Fsp3) is 0.556. The Morgan fingerprint density at radius 3 is 2.31 bits per heavy atom. The number of carbonyl (C=O) groups is 1. The summed E-state index contributed by atoms with van der Waals surface area (Å²) in [6.45, 7) is 5.30. The quantitative estimate of drug-likeness (QED) is 0.695. The van der Waals surface area contributed by atoms with Crippen LogP contribution < -0.4 is 5.56 Å². The van der Waals surface area contributed by atoms with E-state index in [2.05, 4.69) is 5.10 Å². The van der Waals surface area contributed by atoms with Crippen LogP contribution in [-0.4, -0.2) is 15.6 Å². The Bertz CT molecular complexity index is 385. The first-order valence-electron chi connectivity index (χ1n) is 4.25. The predicted molar refractivity (Wildman–Crippen MR) is 50.1 cm³/mol. The number of aryl methyl sites for hydroxylation is 1. The Morgan fingerprint density at radius 2 is 2.00 bits per heavy atom. The second kappa shape index (κ2) is 3.20. The van der Waals surface area contributed by atoms with Crippen LogP contribution >= 0.6 is 0 Å². The lowest BCUT2D eigenvalue weighted by Crippen LogP contribution is -2.17. The highest BCUT2D eigenvalue weighted by molar-refractivity contribution is 5.95. The number of H-pyrrole nitrogens is 1. The summed E-state index contributed by atoms with van der Waals surface area (Å²) < 4.78 is 1.34. The van der Waals surface area contributed by atoms with E-state index in [1.165, 1.54) is 11.6 Å².